The lowest BCUT2D eigenvalue weighted by atomic mass is 10.1. The molecule has 0 aliphatic rings. The van der Waals surface area contributed by atoms with Crippen molar-refractivity contribution in [1.82, 2.24) is 0 Å². The van der Waals surface area contributed by atoms with Crippen LogP contribution in [0, 0.1) is 3.57 Å². The number of hydrogen-bond donors (Lipinski definition) is 0. The van der Waals surface area contributed by atoms with Crippen LogP contribution in [0.25, 0.3) is 11.1 Å². The smallest absolute Gasteiger partial charge is 0.338 e. The van der Waals surface area contributed by atoms with Gasteiger partial charge in [-0.05, 0) is 78.8 Å². The van der Waals surface area contributed by atoms with Gasteiger partial charge in [-0.1, -0.05) is 30.4 Å². The van der Waals surface area contributed by atoms with Crippen LogP contribution in [-0.4, -0.2) is 12.4 Å². The van der Waals surface area contributed by atoms with Gasteiger partial charge in [-0.2, -0.15) is 0 Å². The number of allylic oxidation sites excluding steroid dienone is 1. The molecule has 4 nitrogen and oxygen atoms in total. The number of carbonyl (C=O) groups excluding carboxylic acids is 2. The highest BCUT2D eigenvalue weighted by Gasteiger charge is 2.10. The van der Waals surface area contributed by atoms with Crippen molar-refractivity contribution < 1.29 is 19.1 Å². The highest BCUT2D eigenvalue weighted by Crippen LogP contribution is 2.29. The molecule has 5 heteroatoms. The molecule has 0 amide bonds. The van der Waals surface area contributed by atoms with Crippen molar-refractivity contribution in [1.29, 1.82) is 0 Å². The van der Waals surface area contributed by atoms with E-state index in [0.29, 0.717) is 23.5 Å². The Morgan fingerprint density at radius 2 is 1.54 bits per heavy atom. The Hall–Kier alpha value is -2.41. The van der Waals surface area contributed by atoms with Gasteiger partial charge in [0, 0.05) is 5.57 Å². The summed E-state index contributed by atoms with van der Waals surface area (Å²) in [5, 5.41) is 0. The molecule has 2 rings (SSSR count). The topological polar surface area (TPSA) is 52.6 Å². The minimum atomic E-state index is -0.443. The van der Waals surface area contributed by atoms with Gasteiger partial charge in [0.05, 0.1) is 3.57 Å². The van der Waals surface area contributed by atoms with Crippen LogP contribution in [0.15, 0.2) is 66.8 Å². The molecule has 0 heterocycles. The van der Waals surface area contributed by atoms with Gasteiger partial charge in [0.2, 0.25) is 0 Å². The average Bonchev–Trinajstić information content (AvgIpc) is 2.57. The number of esters is 1. The Kier molecular flexibility index (Phi) is 8.78. The van der Waals surface area contributed by atoms with E-state index in [-0.39, 0.29) is 0 Å². The van der Waals surface area contributed by atoms with Crippen molar-refractivity contribution in [2.75, 3.05) is 0 Å². The fraction of sp³-hybridized carbons (Fsp3) is 0.143. The summed E-state index contributed by atoms with van der Waals surface area (Å²) in [5.41, 5.74) is 3.46. The second-order valence-electron chi connectivity index (χ2n) is 5.76. The summed E-state index contributed by atoms with van der Waals surface area (Å²) in [6.45, 7) is 13.1. The average molecular weight is 464 g/mol. The second kappa shape index (κ2) is 10.6. The van der Waals surface area contributed by atoms with E-state index in [2.05, 4.69) is 35.7 Å². The molecule has 0 spiro atoms. The molecular formula is C21H21IO4. The molecule has 0 unspecified atom stereocenters. The quantitative estimate of drug-likeness (QED) is 0.145. The molecule has 0 aliphatic carbocycles. The molecule has 0 radical (unpaired) electrons. The SMILES string of the molecule is C=C(C)C.C=C(C)C(=O)Oc1ccc(-c2ccc(OC=O)cc2)cc1I. The van der Waals surface area contributed by atoms with E-state index in [4.69, 9.17) is 9.47 Å². The summed E-state index contributed by atoms with van der Waals surface area (Å²) in [6.07, 6.45) is 0. The molecule has 2 aromatic carbocycles. The number of carbonyl (C=O) groups is 2. The van der Waals surface area contributed by atoms with E-state index < -0.39 is 5.97 Å². The third-order valence-electron chi connectivity index (χ3n) is 2.85. The molecule has 0 N–H and O–H groups in total. The maximum atomic E-state index is 11.6. The first-order chi connectivity index (χ1) is 12.2. The van der Waals surface area contributed by atoms with Crippen molar-refractivity contribution in [3.8, 4) is 22.6 Å². The number of hydrogen-bond acceptors (Lipinski definition) is 4. The molecule has 0 aromatic heterocycles. The first-order valence-electron chi connectivity index (χ1n) is 7.74. The van der Waals surface area contributed by atoms with E-state index in [1.165, 1.54) is 5.57 Å². The van der Waals surface area contributed by atoms with Crippen LogP contribution >= 0.6 is 22.6 Å². The molecule has 0 bridgehead atoms. The Bertz CT molecular complexity index is 803. The molecule has 136 valence electrons. The number of rotatable bonds is 5. The molecule has 0 fully saturated rings. The zero-order chi connectivity index (χ0) is 19.7. The lowest BCUT2D eigenvalue weighted by Crippen LogP contribution is -2.09. The van der Waals surface area contributed by atoms with Crippen LogP contribution < -0.4 is 9.47 Å². The zero-order valence-corrected chi connectivity index (χ0v) is 17.2. The predicted octanol–water partition coefficient (Wildman–Crippen LogP) is 5.56. The van der Waals surface area contributed by atoms with E-state index in [9.17, 15) is 9.59 Å². The van der Waals surface area contributed by atoms with Crippen LogP contribution in [0.1, 0.15) is 20.8 Å². The van der Waals surface area contributed by atoms with Crippen molar-refractivity contribution in [2.24, 2.45) is 0 Å². The fourth-order valence-corrected chi connectivity index (χ4v) is 2.36. The molecule has 0 saturated heterocycles. The van der Waals surface area contributed by atoms with Gasteiger partial charge in [-0.3, -0.25) is 4.79 Å². The summed E-state index contributed by atoms with van der Waals surface area (Å²) in [5.74, 6) is 0.541. The molecule has 2 aromatic rings. The third kappa shape index (κ3) is 7.23. The minimum Gasteiger partial charge on any atom is -0.429 e. The van der Waals surface area contributed by atoms with Crippen molar-refractivity contribution >= 4 is 35.0 Å². The minimum absolute atomic E-state index is 0.352. The largest absolute Gasteiger partial charge is 0.429 e. The highest BCUT2D eigenvalue weighted by atomic mass is 127. The van der Waals surface area contributed by atoms with E-state index >= 15 is 0 Å². The van der Waals surface area contributed by atoms with Gasteiger partial charge in [-0.25, -0.2) is 4.79 Å². The number of ether oxygens (including phenoxy) is 2. The summed E-state index contributed by atoms with van der Waals surface area (Å²) >= 11 is 2.11. The second-order valence-corrected chi connectivity index (χ2v) is 6.92. The zero-order valence-electron chi connectivity index (χ0n) is 15.0. The van der Waals surface area contributed by atoms with Crippen molar-refractivity contribution in [3.05, 3.63) is 70.3 Å². The van der Waals surface area contributed by atoms with Crippen LogP contribution in [0.4, 0.5) is 0 Å². The highest BCUT2D eigenvalue weighted by molar-refractivity contribution is 14.1. The Morgan fingerprint density at radius 1 is 1.00 bits per heavy atom. The Morgan fingerprint density at radius 3 is 2.00 bits per heavy atom. The van der Waals surface area contributed by atoms with Crippen LogP contribution in [0.5, 0.6) is 11.5 Å². The van der Waals surface area contributed by atoms with Gasteiger partial charge < -0.3 is 9.47 Å². The van der Waals surface area contributed by atoms with Gasteiger partial charge in [0.15, 0.2) is 0 Å². The summed E-state index contributed by atoms with van der Waals surface area (Å²) < 4.78 is 10.8. The predicted molar refractivity (Wildman–Crippen MR) is 112 cm³/mol. The molecular weight excluding hydrogens is 443 g/mol. The summed E-state index contributed by atoms with van der Waals surface area (Å²) in [4.78, 5) is 21.8. The third-order valence-corrected chi connectivity index (χ3v) is 3.70. The Balaban J connectivity index is 0.000000765. The van der Waals surface area contributed by atoms with Crippen LogP contribution in [-0.2, 0) is 9.59 Å². The number of benzene rings is 2. The van der Waals surface area contributed by atoms with Gasteiger partial charge in [-0.15, -0.1) is 6.58 Å². The van der Waals surface area contributed by atoms with E-state index in [1.807, 2.05) is 38.1 Å². The van der Waals surface area contributed by atoms with Gasteiger partial charge in [0.25, 0.3) is 6.47 Å². The van der Waals surface area contributed by atoms with E-state index in [0.717, 1.165) is 14.7 Å². The first kappa shape index (κ1) is 21.6. The molecule has 26 heavy (non-hydrogen) atoms. The normalized spacial score (nSPS) is 9.38. The lowest BCUT2D eigenvalue weighted by Gasteiger charge is -2.09. The maximum Gasteiger partial charge on any atom is 0.338 e. The van der Waals surface area contributed by atoms with Crippen molar-refractivity contribution in [2.45, 2.75) is 20.8 Å². The van der Waals surface area contributed by atoms with Crippen molar-refractivity contribution in [3.63, 3.8) is 0 Å². The maximum absolute atomic E-state index is 11.6. The van der Waals surface area contributed by atoms with Crippen LogP contribution in [0.2, 0.25) is 0 Å². The summed E-state index contributed by atoms with van der Waals surface area (Å²) in [6, 6.07) is 12.6. The molecule has 0 aliphatic heterocycles. The lowest BCUT2D eigenvalue weighted by molar-refractivity contribution is -0.130. The van der Waals surface area contributed by atoms with Gasteiger partial charge >= 0.3 is 5.97 Å². The summed E-state index contributed by atoms with van der Waals surface area (Å²) in [7, 11) is 0. The molecule has 0 atom stereocenters. The standard InChI is InChI=1S/C17H13IO4.C4H8/c1-11(2)17(20)22-16-8-5-13(9-15(16)18)12-3-6-14(7-4-12)21-10-19;1-4(2)3/h3-10H,1H2,2H3;1H2,2-3H3. The fourth-order valence-electron chi connectivity index (χ4n) is 1.73. The van der Waals surface area contributed by atoms with Crippen LogP contribution in [0.3, 0.4) is 0 Å². The Labute approximate surface area is 167 Å². The number of halogens is 1. The molecule has 0 saturated carbocycles. The van der Waals surface area contributed by atoms with Gasteiger partial charge in [0.1, 0.15) is 11.5 Å². The monoisotopic (exact) mass is 464 g/mol. The van der Waals surface area contributed by atoms with E-state index in [1.54, 1.807) is 25.1 Å². The first-order valence-corrected chi connectivity index (χ1v) is 8.82.